The fourth-order valence-electron chi connectivity index (χ4n) is 4.06. The zero-order valence-electron chi connectivity index (χ0n) is 15.5. The summed E-state index contributed by atoms with van der Waals surface area (Å²) in [5, 5.41) is 9.26. The molecule has 1 aromatic carbocycles. The number of rotatable bonds is 2. The zero-order chi connectivity index (χ0) is 18.4. The van der Waals surface area contributed by atoms with Crippen molar-refractivity contribution in [1.29, 1.82) is 0 Å². The molecule has 0 radical (unpaired) electrons. The number of hydrogen-bond donors (Lipinski definition) is 2. The van der Waals surface area contributed by atoms with E-state index in [-0.39, 0.29) is 16.2 Å². The molecule has 3 rings (SSSR count). The van der Waals surface area contributed by atoms with Gasteiger partial charge in [0.15, 0.2) is 0 Å². The molecular formula is C19H28N2O3S. The number of likely N-dealkylation sites (tertiary alicyclic amines) is 1. The quantitative estimate of drug-likeness (QED) is 0.789. The van der Waals surface area contributed by atoms with Gasteiger partial charge in [0.25, 0.3) is 0 Å². The minimum atomic E-state index is -1.16. The van der Waals surface area contributed by atoms with Gasteiger partial charge in [-0.1, -0.05) is 23.8 Å². The molecule has 2 N–H and O–H groups in total. The molecule has 6 heteroatoms. The van der Waals surface area contributed by atoms with Crippen LogP contribution in [0.25, 0.3) is 0 Å². The number of aryl methyl sites for hydroxylation is 1. The topological polar surface area (TPSA) is 75.6 Å². The first kappa shape index (κ1) is 18.5. The molecule has 1 aromatic rings. The van der Waals surface area contributed by atoms with Gasteiger partial charge < -0.3 is 14.6 Å². The van der Waals surface area contributed by atoms with E-state index in [0.717, 1.165) is 19.3 Å². The van der Waals surface area contributed by atoms with E-state index in [1.807, 2.05) is 20.8 Å². The van der Waals surface area contributed by atoms with Crippen LogP contribution in [0.5, 0.6) is 0 Å². The third-order valence-electron chi connectivity index (χ3n) is 5.58. The Labute approximate surface area is 153 Å². The number of carboxylic acid groups (broad SMARTS) is 1. The van der Waals surface area contributed by atoms with Gasteiger partial charge in [-0.25, -0.2) is 4.79 Å². The monoisotopic (exact) mass is 364 g/mol. The van der Waals surface area contributed by atoms with E-state index in [2.05, 4.69) is 29.8 Å². The molecule has 1 spiro atoms. The van der Waals surface area contributed by atoms with Gasteiger partial charge in [0.05, 0.1) is 6.04 Å². The fraction of sp³-hybridized carbons (Fsp3) is 0.632. The molecule has 2 aliphatic rings. The number of amides is 1. The summed E-state index contributed by atoms with van der Waals surface area (Å²) in [7, 11) is 0. The highest BCUT2D eigenvalue weighted by molar-refractivity contribution is 7.90. The Hall–Kier alpha value is -1.24. The van der Waals surface area contributed by atoms with Gasteiger partial charge in [-0.3, -0.25) is 0 Å². The second-order valence-electron chi connectivity index (χ2n) is 8.44. The lowest BCUT2D eigenvalue weighted by Crippen LogP contribution is -2.50. The van der Waals surface area contributed by atoms with E-state index >= 15 is 0 Å². The van der Waals surface area contributed by atoms with Crippen molar-refractivity contribution in [2.45, 2.75) is 57.7 Å². The minimum absolute atomic E-state index is 0.0131. The molecule has 0 aromatic heterocycles. The molecule has 138 valence electrons. The molecule has 1 heterocycles. The molecule has 1 saturated heterocycles. The largest absolute Gasteiger partial charge is 0.598 e. The van der Waals surface area contributed by atoms with E-state index in [1.54, 1.807) is 0 Å². The SMILES string of the molecule is Cc1ccc2c(c1)CC1(CCN(C(=O)O)CC1)[C@H]2N[S@+]([O-])C(C)(C)C. The average molecular weight is 365 g/mol. The third kappa shape index (κ3) is 3.52. The van der Waals surface area contributed by atoms with Crippen LogP contribution in [0.4, 0.5) is 4.79 Å². The van der Waals surface area contributed by atoms with Gasteiger partial charge in [0, 0.05) is 29.9 Å². The third-order valence-corrected chi connectivity index (χ3v) is 7.14. The molecule has 0 unspecified atom stereocenters. The first-order valence-electron chi connectivity index (χ1n) is 8.88. The predicted molar refractivity (Wildman–Crippen MR) is 99.9 cm³/mol. The normalized spacial score (nSPS) is 23.6. The van der Waals surface area contributed by atoms with Crippen molar-refractivity contribution in [3.8, 4) is 0 Å². The van der Waals surface area contributed by atoms with Crippen LogP contribution in [-0.4, -0.2) is 38.5 Å². The predicted octanol–water partition coefficient (Wildman–Crippen LogP) is 3.40. The lowest BCUT2D eigenvalue weighted by Gasteiger charge is -2.43. The number of fused-ring (bicyclic) bond motifs is 1. The summed E-state index contributed by atoms with van der Waals surface area (Å²) in [5.74, 6) is 0. The van der Waals surface area contributed by atoms with Crippen LogP contribution in [0.15, 0.2) is 18.2 Å². The Morgan fingerprint density at radius 1 is 1.36 bits per heavy atom. The molecule has 1 aliphatic heterocycles. The highest BCUT2D eigenvalue weighted by Gasteiger charge is 2.50. The maximum absolute atomic E-state index is 12.8. The van der Waals surface area contributed by atoms with Crippen molar-refractivity contribution in [2.75, 3.05) is 13.1 Å². The van der Waals surface area contributed by atoms with E-state index in [4.69, 9.17) is 0 Å². The van der Waals surface area contributed by atoms with Crippen LogP contribution in [0, 0.1) is 12.3 Å². The Morgan fingerprint density at radius 2 is 2.00 bits per heavy atom. The van der Waals surface area contributed by atoms with Crippen molar-refractivity contribution in [3.05, 3.63) is 34.9 Å². The minimum Gasteiger partial charge on any atom is -0.598 e. The van der Waals surface area contributed by atoms with Gasteiger partial charge in [0.2, 0.25) is 0 Å². The Kier molecular flexibility index (Phi) is 4.81. The van der Waals surface area contributed by atoms with Crippen LogP contribution >= 0.6 is 0 Å². The van der Waals surface area contributed by atoms with E-state index < -0.39 is 17.5 Å². The van der Waals surface area contributed by atoms with Crippen molar-refractivity contribution < 1.29 is 14.5 Å². The second-order valence-corrected chi connectivity index (χ2v) is 10.4. The number of hydrogen-bond acceptors (Lipinski definition) is 3. The van der Waals surface area contributed by atoms with Gasteiger partial charge in [-0.05, 0) is 58.1 Å². The van der Waals surface area contributed by atoms with Crippen molar-refractivity contribution in [2.24, 2.45) is 5.41 Å². The molecule has 0 saturated carbocycles. The van der Waals surface area contributed by atoms with E-state index in [0.29, 0.717) is 13.1 Å². The second kappa shape index (κ2) is 6.49. The number of benzene rings is 1. The maximum atomic E-state index is 12.8. The van der Waals surface area contributed by atoms with Crippen LogP contribution in [0.1, 0.15) is 56.3 Å². The standard InChI is InChI=1S/C19H28N2O3S/c1-13-5-6-15-14(11-13)12-19(7-9-21(10-8-19)17(22)23)16(15)20-25(24)18(2,3)4/h5-6,11,16,20H,7-10,12H2,1-4H3,(H,22,23)/t16-,25+/m0/s1. The summed E-state index contributed by atoms with van der Waals surface area (Å²) in [6.45, 7) is 9.10. The fourth-order valence-corrected chi connectivity index (χ4v) is 5.01. The summed E-state index contributed by atoms with van der Waals surface area (Å²) >= 11 is -1.16. The Bertz CT molecular complexity index is 663. The molecule has 2 atom stereocenters. The number of carbonyl (C=O) groups is 1. The maximum Gasteiger partial charge on any atom is 0.407 e. The molecular weight excluding hydrogens is 336 g/mol. The molecule has 0 bridgehead atoms. The molecule has 5 nitrogen and oxygen atoms in total. The highest BCUT2D eigenvalue weighted by atomic mass is 32.2. The highest BCUT2D eigenvalue weighted by Crippen LogP contribution is 2.52. The number of nitrogens with one attached hydrogen (secondary N) is 1. The lowest BCUT2D eigenvalue weighted by atomic mass is 9.73. The number of piperidine rings is 1. The summed E-state index contributed by atoms with van der Waals surface area (Å²) in [4.78, 5) is 12.8. The molecule has 1 amide bonds. The van der Waals surface area contributed by atoms with Crippen LogP contribution in [0.2, 0.25) is 0 Å². The lowest BCUT2D eigenvalue weighted by molar-refractivity contribution is 0.0764. The molecule has 1 aliphatic carbocycles. The summed E-state index contributed by atoms with van der Waals surface area (Å²) in [6, 6.07) is 6.50. The van der Waals surface area contributed by atoms with Gasteiger partial charge in [0.1, 0.15) is 4.75 Å². The zero-order valence-corrected chi connectivity index (χ0v) is 16.3. The van der Waals surface area contributed by atoms with Crippen LogP contribution in [0.3, 0.4) is 0 Å². The first-order valence-corrected chi connectivity index (χ1v) is 10.0. The molecule has 1 fully saturated rings. The summed E-state index contributed by atoms with van der Waals surface area (Å²) < 4.78 is 15.9. The first-order chi connectivity index (χ1) is 11.6. The van der Waals surface area contributed by atoms with E-state index in [1.165, 1.54) is 21.6 Å². The van der Waals surface area contributed by atoms with Crippen molar-refractivity contribution in [3.63, 3.8) is 0 Å². The van der Waals surface area contributed by atoms with E-state index in [9.17, 15) is 14.5 Å². The van der Waals surface area contributed by atoms with Gasteiger partial charge in [-0.2, -0.15) is 0 Å². The molecule has 25 heavy (non-hydrogen) atoms. The summed E-state index contributed by atoms with van der Waals surface area (Å²) in [6.07, 6.45) is 1.68. The van der Waals surface area contributed by atoms with Gasteiger partial charge >= 0.3 is 6.09 Å². The van der Waals surface area contributed by atoms with Gasteiger partial charge in [-0.15, -0.1) is 4.72 Å². The van der Waals surface area contributed by atoms with Crippen LogP contribution in [-0.2, 0) is 17.8 Å². The summed E-state index contributed by atoms with van der Waals surface area (Å²) in [5.41, 5.74) is 3.72. The smallest absolute Gasteiger partial charge is 0.407 e. The Morgan fingerprint density at radius 3 is 2.56 bits per heavy atom. The Balaban J connectivity index is 1.90. The van der Waals surface area contributed by atoms with Crippen molar-refractivity contribution >= 4 is 17.5 Å². The van der Waals surface area contributed by atoms with Crippen LogP contribution < -0.4 is 4.72 Å². The average Bonchev–Trinajstić information content (AvgIpc) is 2.79. The number of nitrogens with zero attached hydrogens (tertiary/aromatic N) is 1. The van der Waals surface area contributed by atoms with Crippen molar-refractivity contribution in [1.82, 2.24) is 9.62 Å².